The van der Waals surface area contributed by atoms with Crippen molar-refractivity contribution in [1.29, 1.82) is 0 Å². The van der Waals surface area contributed by atoms with Crippen LogP contribution in [0.5, 0.6) is 0 Å². The number of amides is 1. The normalized spacial score (nSPS) is 10.9. The highest BCUT2D eigenvalue weighted by molar-refractivity contribution is 7.99. The van der Waals surface area contributed by atoms with Gasteiger partial charge >= 0.3 is 0 Å². The van der Waals surface area contributed by atoms with Crippen molar-refractivity contribution < 1.29 is 9.59 Å². The van der Waals surface area contributed by atoms with Gasteiger partial charge in [-0.1, -0.05) is 72.0 Å². The minimum Gasteiger partial charge on any atom is -0.300 e. The topological polar surface area (TPSA) is 97.7 Å². The van der Waals surface area contributed by atoms with Gasteiger partial charge in [0, 0.05) is 19.3 Å². The van der Waals surface area contributed by atoms with Crippen LogP contribution in [0.3, 0.4) is 0 Å². The van der Waals surface area contributed by atoms with E-state index in [1.807, 2.05) is 72.4 Å². The van der Waals surface area contributed by atoms with Gasteiger partial charge in [-0.2, -0.15) is 11.8 Å². The summed E-state index contributed by atoms with van der Waals surface area (Å²) < 4.78 is 0. The summed E-state index contributed by atoms with van der Waals surface area (Å²) in [6, 6.07) is 19.4. The number of carbonyl (C=O) groups excluding carboxylic acids is 2. The third-order valence-corrected chi connectivity index (χ3v) is 8.11. The number of hydrogen-bond donors (Lipinski definition) is 1. The molecular weight excluding hydrogens is 511 g/mol. The van der Waals surface area contributed by atoms with Gasteiger partial charge in [-0.25, -0.2) is 0 Å². The number of anilines is 1. The van der Waals surface area contributed by atoms with Crippen LogP contribution in [0.4, 0.5) is 5.13 Å². The molecule has 1 N–H and O–H groups in total. The summed E-state index contributed by atoms with van der Waals surface area (Å²) in [5.41, 5.74) is 2.00. The monoisotopic (exact) mass is 537 g/mol. The second-order valence-electron chi connectivity index (χ2n) is 8.14. The second-order valence-corrected chi connectivity index (χ2v) is 11.6. The lowest BCUT2D eigenvalue weighted by Crippen LogP contribution is -2.14. The predicted octanol–water partition coefficient (Wildman–Crippen LogP) is 4.83. The smallest absolute Gasteiger partial charge is 0.230 e. The molecule has 0 fully saturated rings. The molecule has 0 spiro atoms. The number of hydrogen-bond acceptors (Lipinski definition) is 9. The molecule has 0 aliphatic rings. The lowest BCUT2D eigenvalue weighted by molar-refractivity contribution is -0.118. The number of rotatable bonds is 14. The summed E-state index contributed by atoms with van der Waals surface area (Å²) in [5.74, 6) is 2.04. The number of carbonyl (C=O) groups is 2. The predicted molar refractivity (Wildman–Crippen MR) is 147 cm³/mol. The van der Waals surface area contributed by atoms with E-state index in [1.54, 1.807) is 0 Å². The third kappa shape index (κ3) is 8.92. The molecule has 2 heterocycles. The summed E-state index contributed by atoms with van der Waals surface area (Å²) in [6.45, 7) is 0. The Labute approximate surface area is 222 Å². The summed E-state index contributed by atoms with van der Waals surface area (Å²) >= 11 is 4.83. The van der Waals surface area contributed by atoms with Gasteiger partial charge in [0.15, 0.2) is 0 Å². The molecule has 0 aliphatic heterocycles. The first-order chi connectivity index (χ1) is 17.6. The van der Waals surface area contributed by atoms with Crippen LogP contribution >= 0.6 is 34.4 Å². The molecule has 0 bridgehead atoms. The Bertz CT molecular complexity index is 1150. The summed E-state index contributed by atoms with van der Waals surface area (Å²) in [5, 5.41) is 22.8. The molecule has 2 aromatic heterocycles. The molecule has 4 rings (SSSR count). The SMILES string of the molecule is O=C(Cc1ccccc1)Cc1nnc(CCCSCCc2nnc(NC(=O)Cc3ccccc3)s2)s1. The summed E-state index contributed by atoms with van der Waals surface area (Å²) in [7, 11) is 0. The lowest BCUT2D eigenvalue weighted by Gasteiger charge is -2.01. The fourth-order valence-electron chi connectivity index (χ4n) is 3.45. The van der Waals surface area contributed by atoms with Crippen molar-refractivity contribution in [1.82, 2.24) is 20.4 Å². The molecule has 0 unspecified atom stereocenters. The highest BCUT2D eigenvalue weighted by Gasteiger charge is 2.11. The molecule has 0 aliphatic carbocycles. The Morgan fingerprint density at radius 3 is 2.08 bits per heavy atom. The van der Waals surface area contributed by atoms with Crippen molar-refractivity contribution in [2.24, 2.45) is 0 Å². The first-order valence-corrected chi connectivity index (χ1v) is 14.5. The number of ketones is 1. The van der Waals surface area contributed by atoms with Gasteiger partial charge < -0.3 is 5.32 Å². The van der Waals surface area contributed by atoms with Crippen LogP contribution in [0.15, 0.2) is 60.7 Å². The fourth-order valence-corrected chi connectivity index (χ4v) is 6.14. The van der Waals surface area contributed by atoms with Gasteiger partial charge in [-0.15, -0.1) is 31.7 Å². The van der Waals surface area contributed by atoms with Gasteiger partial charge in [-0.05, 0) is 29.1 Å². The number of nitrogens with one attached hydrogen (secondary N) is 1. The standard InChI is InChI=1S/C26H27N5O2S3/c32-21(16-19-8-3-1-4-9-19)18-25-30-28-23(35-25)12-7-14-34-15-13-24-29-31-26(36-24)27-22(33)17-20-10-5-2-6-11-20/h1-6,8-11H,7,12-18H2,(H,27,31,33). The van der Waals surface area contributed by atoms with E-state index in [4.69, 9.17) is 0 Å². The largest absolute Gasteiger partial charge is 0.300 e. The van der Waals surface area contributed by atoms with Crippen molar-refractivity contribution in [3.63, 3.8) is 0 Å². The number of benzene rings is 2. The number of aryl methyl sites for hydroxylation is 2. The first-order valence-electron chi connectivity index (χ1n) is 11.7. The highest BCUT2D eigenvalue weighted by atomic mass is 32.2. The zero-order chi connectivity index (χ0) is 25.0. The first kappa shape index (κ1) is 26.1. The van der Waals surface area contributed by atoms with Gasteiger partial charge in [-0.3, -0.25) is 9.59 Å². The Morgan fingerprint density at radius 1 is 0.694 bits per heavy atom. The molecule has 4 aromatic rings. The van der Waals surface area contributed by atoms with E-state index < -0.39 is 0 Å². The van der Waals surface area contributed by atoms with Crippen LogP contribution in [0.1, 0.15) is 32.6 Å². The van der Waals surface area contributed by atoms with Crippen LogP contribution in [0, 0.1) is 0 Å². The van der Waals surface area contributed by atoms with E-state index in [1.165, 1.54) is 22.7 Å². The van der Waals surface area contributed by atoms with Crippen molar-refractivity contribution in [2.45, 2.75) is 38.5 Å². The Hall–Kier alpha value is -2.95. The maximum Gasteiger partial charge on any atom is 0.230 e. The minimum atomic E-state index is -0.0846. The molecule has 1 amide bonds. The van der Waals surface area contributed by atoms with E-state index in [0.29, 0.717) is 24.4 Å². The third-order valence-electron chi connectivity index (χ3n) is 5.16. The maximum atomic E-state index is 12.3. The van der Waals surface area contributed by atoms with Crippen molar-refractivity contribution >= 4 is 51.3 Å². The van der Waals surface area contributed by atoms with Crippen molar-refractivity contribution in [2.75, 3.05) is 16.8 Å². The fraction of sp³-hybridized carbons (Fsp3) is 0.308. The van der Waals surface area contributed by atoms with Crippen molar-refractivity contribution in [3.05, 3.63) is 86.8 Å². The second kappa shape index (κ2) is 14.0. The highest BCUT2D eigenvalue weighted by Crippen LogP contribution is 2.19. The summed E-state index contributed by atoms with van der Waals surface area (Å²) in [4.78, 5) is 24.4. The quantitative estimate of drug-likeness (QED) is 0.230. The zero-order valence-corrected chi connectivity index (χ0v) is 22.2. The number of thioether (sulfide) groups is 1. The van der Waals surface area contributed by atoms with Gasteiger partial charge in [0.05, 0.1) is 12.8 Å². The molecule has 2 aromatic carbocycles. The number of Topliss-reactive ketones (excluding diaryl/α,β-unsaturated/α-hetero) is 1. The van der Waals surface area contributed by atoms with Crippen LogP contribution in [0.25, 0.3) is 0 Å². The Morgan fingerprint density at radius 2 is 1.33 bits per heavy atom. The molecule has 186 valence electrons. The molecule has 10 heteroatoms. The average Bonchev–Trinajstić information content (AvgIpc) is 3.51. The summed E-state index contributed by atoms with van der Waals surface area (Å²) in [6.07, 6.45) is 3.80. The zero-order valence-electron chi connectivity index (χ0n) is 19.8. The Kier molecular flexibility index (Phi) is 10.1. The van der Waals surface area contributed by atoms with E-state index in [0.717, 1.165) is 56.9 Å². The van der Waals surface area contributed by atoms with E-state index >= 15 is 0 Å². The average molecular weight is 538 g/mol. The van der Waals surface area contributed by atoms with Gasteiger partial charge in [0.25, 0.3) is 0 Å². The van der Waals surface area contributed by atoms with E-state index in [2.05, 4.69) is 25.7 Å². The van der Waals surface area contributed by atoms with Crippen LogP contribution in [-0.2, 0) is 41.7 Å². The van der Waals surface area contributed by atoms with Crippen molar-refractivity contribution in [3.8, 4) is 0 Å². The Balaban J connectivity index is 1.08. The van der Waals surface area contributed by atoms with E-state index in [9.17, 15) is 9.59 Å². The van der Waals surface area contributed by atoms with Crippen LogP contribution in [-0.4, -0.2) is 43.6 Å². The minimum absolute atomic E-state index is 0.0846. The molecule has 0 saturated heterocycles. The number of nitrogens with zero attached hydrogens (tertiary/aromatic N) is 4. The van der Waals surface area contributed by atoms with Crippen LogP contribution < -0.4 is 5.32 Å². The molecule has 7 nitrogen and oxygen atoms in total. The molecular formula is C26H27N5O2S3. The molecule has 0 radical (unpaired) electrons. The van der Waals surface area contributed by atoms with Gasteiger partial charge in [0.2, 0.25) is 11.0 Å². The van der Waals surface area contributed by atoms with E-state index in [-0.39, 0.29) is 11.7 Å². The van der Waals surface area contributed by atoms with Crippen LogP contribution in [0.2, 0.25) is 0 Å². The maximum absolute atomic E-state index is 12.3. The van der Waals surface area contributed by atoms with Gasteiger partial charge in [0.1, 0.15) is 20.8 Å². The molecule has 0 saturated carbocycles. The molecule has 36 heavy (non-hydrogen) atoms. The number of aromatic nitrogens is 4. The molecule has 0 atom stereocenters. The lowest BCUT2D eigenvalue weighted by atomic mass is 10.1.